The number of carbonyl (C=O) groups excluding carboxylic acids is 1. The first-order chi connectivity index (χ1) is 14.3. The molecule has 0 saturated carbocycles. The maximum absolute atomic E-state index is 13.9. The number of sulfonamides is 1. The van der Waals surface area contributed by atoms with E-state index in [-0.39, 0.29) is 23.8 Å². The minimum Gasteiger partial charge on any atom is -0.383 e. The topological polar surface area (TPSA) is 78.5 Å². The van der Waals surface area contributed by atoms with E-state index in [4.69, 9.17) is 0 Å². The molecular weight excluding hydrogens is 412 g/mol. The number of nitrogens with zero attached hydrogens (tertiary/aromatic N) is 1. The summed E-state index contributed by atoms with van der Waals surface area (Å²) in [6.07, 6.45) is 1.81. The van der Waals surface area contributed by atoms with Gasteiger partial charge in [-0.1, -0.05) is 13.0 Å². The molecule has 2 aromatic carbocycles. The highest BCUT2D eigenvalue weighted by molar-refractivity contribution is 7.89. The van der Waals surface area contributed by atoms with Gasteiger partial charge < -0.3 is 10.6 Å². The summed E-state index contributed by atoms with van der Waals surface area (Å²) in [6.45, 7) is 2.98. The fourth-order valence-electron chi connectivity index (χ4n) is 3.42. The molecule has 1 saturated heterocycles. The Morgan fingerprint density at radius 1 is 1.17 bits per heavy atom. The number of hydrogen-bond acceptors (Lipinski definition) is 4. The lowest BCUT2D eigenvalue weighted by Gasteiger charge is -2.23. The molecule has 1 fully saturated rings. The predicted molar refractivity (Wildman–Crippen MR) is 110 cm³/mol. The van der Waals surface area contributed by atoms with Gasteiger partial charge in [-0.3, -0.25) is 4.79 Å². The first kappa shape index (κ1) is 22.2. The molecule has 6 nitrogen and oxygen atoms in total. The van der Waals surface area contributed by atoms with Crippen molar-refractivity contribution in [2.24, 2.45) is 0 Å². The third kappa shape index (κ3) is 4.96. The molecule has 30 heavy (non-hydrogen) atoms. The standard InChI is InChI=1S/C21H25F2N3O3S/c1-2-11-24-19-13-15(5-10-18(19)23)14-25-21(27)20-4-3-12-26(20)30(28,29)17-8-6-16(22)7-9-17/h5-10,13,20,24H,2-4,11-12,14H2,1H3,(H,25,27). The summed E-state index contributed by atoms with van der Waals surface area (Å²) >= 11 is 0. The van der Waals surface area contributed by atoms with Crippen molar-refractivity contribution >= 4 is 21.6 Å². The molecule has 0 radical (unpaired) electrons. The van der Waals surface area contributed by atoms with Crippen molar-refractivity contribution in [2.45, 2.75) is 43.7 Å². The predicted octanol–water partition coefficient (Wildman–Crippen LogP) is 3.26. The van der Waals surface area contributed by atoms with Crippen LogP contribution in [-0.4, -0.2) is 37.8 Å². The van der Waals surface area contributed by atoms with Crippen LogP contribution in [0, 0.1) is 11.6 Å². The average Bonchev–Trinajstić information content (AvgIpc) is 3.23. The molecular formula is C21H25F2N3O3S. The first-order valence-corrected chi connectivity index (χ1v) is 11.3. The highest BCUT2D eigenvalue weighted by Gasteiger charge is 2.39. The lowest BCUT2D eigenvalue weighted by atomic mass is 10.1. The van der Waals surface area contributed by atoms with Gasteiger partial charge in [-0.25, -0.2) is 17.2 Å². The van der Waals surface area contributed by atoms with Gasteiger partial charge in [0, 0.05) is 19.6 Å². The molecule has 0 aliphatic carbocycles. The van der Waals surface area contributed by atoms with E-state index in [0.717, 1.165) is 22.9 Å². The monoisotopic (exact) mass is 437 g/mol. The minimum absolute atomic E-state index is 0.0474. The molecule has 1 amide bonds. The Balaban J connectivity index is 1.68. The van der Waals surface area contributed by atoms with Gasteiger partial charge >= 0.3 is 0 Å². The summed E-state index contributed by atoms with van der Waals surface area (Å²) in [7, 11) is -3.91. The van der Waals surface area contributed by atoms with E-state index in [2.05, 4.69) is 10.6 Å². The Hall–Kier alpha value is -2.52. The molecule has 1 aliphatic rings. The Morgan fingerprint density at radius 3 is 2.60 bits per heavy atom. The Bertz CT molecular complexity index is 997. The second-order valence-electron chi connectivity index (χ2n) is 7.19. The minimum atomic E-state index is -3.91. The summed E-state index contributed by atoms with van der Waals surface area (Å²) < 4.78 is 53.9. The zero-order valence-corrected chi connectivity index (χ0v) is 17.5. The molecule has 1 heterocycles. The molecule has 2 N–H and O–H groups in total. The van der Waals surface area contributed by atoms with Gasteiger partial charge in [-0.05, 0) is 61.2 Å². The SMILES string of the molecule is CCCNc1cc(CNC(=O)C2CCCN2S(=O)(=O)c2ccc(F)cc2)ccc1F. The second-order valence-corrected chi connectivity index (χ2v) is 9.08. The van der Waals surface area contributed by atoms with Crippen molar-refractivity contribution in [2.75, 3.05) is 18.4 Å². The first-order valence-electron chi connectivity index (χ1n) is 9.90. The van der Waals surface area contributed by atoms with E-state index < -0.39 is 27.8 Å². The molecule has 1 atom stereocenters. The van der Waals surface area contributed by atoms with Crippen molar-refractivity contribution in [1.82, 2.24) is 9.62 Å². The van der Waals surface area contributed by atoms with Crippen LogP contribution < -0.4 is 10.6 Å². The Morgan fingerprint density at radius 2 is 1.90 bits per heavy atom. The molecule has 2 aromatic rings. The third-order valence-corrected chi connectivity index (χ3v) is 6.91. The summed E-state index contributed by atoms with van der Waals surface area (Å²) in [6, 6.07) is 8.26. The van der Waals surface area contributed by atoms with Crippen LogP contribution in [0.4, 0.5) is 14.5 Å². The third-order valence-electron chi connectivity index (χ3n) is 4.99. The molecule has 1 unspecified atom stereocenters. The maximum Gasteiger partial charge on any atom is 0.243 e. The van der Waals surface area contributed by atoms with Crippen LogP contribution in [0.3, 0.4) is 0 Å². The lowest BCUT2D eigenvalue weighted by Crippen LogP contribution is -2.45. The molecule has 3 rings (SSSR count). The summed E-state index contributed by atoms with van der Waals surface area (Å²) in [4.78, 5) is 12.7. The highest BCUT2D eigenvalue weighted by atomic mass is 32.2. The molecule has 0 bridgehead atoms. The molecule has 162 valence electrons. The summed E-state index contributed by atoms with van der Waals surface area (Å²) in [5.41, 5.74) is 1.07. The normalized spacial score (nSPS) is 17.1. The van der Waals surface area contributed by atoms with Crippen LogP contribution in [0.1, 0.15) is 31.7 Å². The van der Waals surface area contributed by atoms with Crippen molar-refractivity contribution in [3.8, 4) is 0 Å². The van der Waals surface area contributed by atoms with Crippen LogP contribution in [0.2, 0.25) is 0 Å². The largest absolute Gasteiger partial charge is 0.383 e. The van der Waals surface area contributed by atoms with Gasteiger partial charge in [0.15, 0.2) is 0 Å². The number of carbonyl (C=O) groups is 1. The maximum atomic E-state index is 13.9. The number of amides is 1. The smallest absolute Gasteiger partial charge is 0.243 e. The van der Waals surface area contributed by atoms with Gasteiger partial charge in [-0.15, -0.1) is 0 Å². The summed E-state index contributed by atoms with van der Waals surface area (Å²) in [5.74, 6) is -1.31. The summed E-state index contributed by atoms with van der Waals surface area (Å²) in [5, 5.41) is 5.74. The van der Waals surface area contributed by atoms with Gasteiger partial charge in [0.2, 0.25) is 15.9 Å². The zero-order valence-electron chi connectivity index (χ0n) is 16.7. The average molecular weight is 438 g/mol. The molecule has 0 spiro atoms. The van der Waals surface area contributed by atoms with Crippen LogP contribution in [0.15, 0.2) is 47.4 Å². The van der Waals surface area contributed by atoms with Crippen molar-refractivity contribution < 1.29 is 22.0 Å². The van der Waals surface area contributed by atoms with Crippen LogP contribution >= 0.6 is 0 Å². The van der Waals surface area contributed by atoms with Gasteiger partial charge in [0.1, 0.15) is 17.7 Å². The lowest BCUT2D eigenvalue weighted by molar-refractivity contribution is -0.124. The number of hydrogen-bond donors (Lipinski definition) is 2. The Labute approximate surface area is 175 Å². The van der Waals surface area contributed by atoms with Crippen molar-refractivity contribution in [1.29, 1.82) is 0 Å². The molecule has 9 heteroatoms. The van der Waals surface area contributed by atoms with E-state index >= 15 is 0 Å². The van der Waals surface area contributed by atoms with Gasteiger partial charge in [-0.2, -0.15) is 4.31 Å². The van der Waals surface area contributed by atoms with E-state index in [1.807, 2.05) is 6.92 Å². The highest BCUT2D eigenvalue weighted by Crippen LogP contribution is 2.26. The fourth-order valence-corrected chi connectivity index (χ4v) is 5.07. The van der Waals surface area contributed by atoms with E-state index in [1.54, 1.807) is 12.1 Å². The van der Waals surface area contributed by atoms with Crippen LogP contribution in [0.5, 0.6) is 0 Å². The molecule has 1 aliphatic heterocycles. The van der Waals surface area contributed by atoms with E-state index in [1.165, 1.54) is 18.2 Å². The Kier molecular flexibility index (Phi) is 7.04. The van der Waals surface area contributed by atoms with Crippen LogP contribution in [-0.2, 0) is 21.4 Å². The van der Waals surface area contributed by atoms with E-state index in [0.29, 0.717) is 30.6 Å². The van der Waals surface area contributed by atoms with Crippen LogP contribution in [0.25, 0.3) is 0 Å². The number of halogens is 2. The van der Waals surface area contributed by atoms with Gasteiger partial charge in [0.25, 0.3) is 0 Å². The number of rotatable bonds is 8. The fraction of sp³-hybridized carbons (Fsp3) is 0.381. The number of anilines is 1. The number of nitrogens with one attached hydrogen (secondary N) is 2. The molecule has 0 aromatic heterocycles. The van der Waals surface area contributed by atoms with E-state index in [9.17, 15) is 22.0 Å². The van der Waals surface area contributed by atoms with Gasteiger partial charge in [0.05, 0.1) is 10.6 Å². The second kappa shape index (κ2) is 9.53. The van der Waals surface area contributed by atoms with Crippen molar-refractivity contribution in [3.63, 3.8) is 0 Å². The quantitative estimate of drug-likeness (QED) is 0.665. The number of benzene rings is 2. The zero-order chi connectivity index (χ0) is 21.7. The van der Waals surface area contributed by atoms with Crippen molar-refractivity contribution in [3.05, 3.63) is 59.7 Å².